The predicted molar refractivity (Wildman–Crippen MR) is 79.8 cm³/mol. The minimum atomic E-state index is 0. The van der Waals surface area contributed by atoms with Crippen LogP contribution in [0.5, 0.6) is 0 Å². The van der Waals surface area contributed by atoms with Crippen LogP contribution in [0.1, 0.15) is 17.3 Å². The van der Waals surface area contributed by atoms with Gasteiger partial charge in [-0.2, -0.15) is 0 Å². The Labute approximate surface area is 126 Å². The lowest BCUT2D eigenvalue weighted by atomic mass is 10.1. The number of hydrogen-bond donors (Lipinski definition) is 1. The molecule has 1 aromatic carbocycles. The molecule has 1 atom stereocenters. The van der Waals surface area contributed by atoms with Gasteiger partial charge in [-0.05, 0) is 35.0 Å². The minimum absolute atomic E-state index is 0. The molecule has 6 heteroatoms. The van der Waals surface area contributed by atoms with Gasteiger partial charge in [0.25, 0.3) is 5.91 Å². The highest BCUT2D eigenvalue weighted by Gasteiger charge is 2.23. The number of carbonyl (C=O) groups is 1. The first-order valence-electron chi connectivity index (χ1n) is 5.56. The van der Waals surface area contributed by atoms with E-state index >= 15 is 0 Å². The second-order valence-electron chi connectivity index (χ2n) is 4.21. The Kier molecular flexibility index (Phi) is 5.92. The van der Waals surface area contributed by atoms with Crippen LogP contribution >= 0.6 is 39.9 Å². The highest BCUT2D eigenvalue weighted by molar-refractivity contribution is 9.10. The summed E-state index contributed by atoms with van der Waals surface area (Å²) in [6, 6.07) is 5.76. The molecule has 1 saturated heterocycles. The molecule has 1 unspecified atom stereocenters. The van der Waals surface area contributed by atoms with Crippen molar-refractivity contribution in [3.05, 3.63) is 33.3 Å². The van der Waals surface area contributed by atoms with Crippen molar-refractivity contribution in [1.82, 2.24) is 10.2 Å². The van der Waals surface area contributed by atoms with E-state index in [1.807, 2.05) is 17.0 Å². The molecule has 1 amide bonds. The van der Waals surface area contributed by atoms with Gasteiger partial charge in [-0.15, -0.1) is 12.4 Å². The molecule has 18 heavy (non-hydrogen) atoms. The lowest BCUT2D eigenvalue weighted by Crippen LogP contribution is -2.51. The molecule has 0 radical (unpaired) electrons. The molecule has 0 aromatic heterocycles. The smallest absolute Gasteiger partial charge is 0.255 e. The second kappa shape index (κ2) is 6.75. The number of carbonyl (C=O) groups excluding carboxylic acids is 1. The fourth-order valence-corrected chi connectivity index (χ4v) is 2.53. The average Bonchev–Trinajstić information content (AvgIpc) is 2.32. The Bertz CT molecular complexity index is 442. The molecule has 0 bridgehead atoms. The first kappa shape index (κ1) is 15.8. The van der Waals surface area contributed by atoms with Crippen molar-refractivity contribution in [3.8, 4) is 0 Å². The summed E-state index contributed by atoms with van der Waals surface area (Å²) in [4.78, 5) is 14.2. The Hall–Kier alpha value is -0.290. The van der Waals surface area contributed by atoms with Crippen LogP contribution in [0.25, 0.3) is 0 Å². The third kappa shape index (κ3) is 3.38. The highest BCUT2D eigenvalue weighted by Crippen LogP contribution is 2.27. The summed E-state index contributed by atoms with van der Waals surface area (Å²) in [6.07, 6.45) is 0. The number of nitrogens with one attached hydrogen (secondary N) is 1. The van der Waals surface area contributed by atoms with Gasteiger partial charge in [0.05, 0.1) is 10.6 Å². The van der Waals surface area contributed by atoms with Gasteiger partial charge in [-0.25, -0.2) is 0 Å². The molecule has 1 fully saturated rings. The normalized spacial score (nSPS) is 19.3. The summed E-state index contributed by atoms with van der Waals surface area (Å²) in [5.41, 5.74) is 0.565. The van der Waals surface area contributed by atoms with Crippen LogP contribution < -0.4 is 5.32 Å². The molecule has 3 nitrogen and oxygen atoms in total. The molecule has 0 spiro atoms. The molecule has 1 aliphatic heterocycles. The molecular weight excluding hydrogens is 339 g/mol. The Morgan fingerprint density at radius 2 is 2.28 bits per heavy atom. The summed E-state index contributed by atoms with van der Waals surface area (Å²) in [5.74, 6) is 0.00431. The van der Waals surface area contributed by atoms with Crippen molar-refractivity contribution in [3.63, 3.8) is 0 Å². The third-order valence-corrected chi connectivity index (χ3v) is 4.13. The fraction of sp³-hybridized carbons (Fsp3) is 0.417. The van der Waals surface area contributed by atoms with Crippen molar-refractivity contribution in [2.24, 2.45) is 0 Å². The SMILES string of the molecule is CC1CN(C(=O)c2cccc(Br)c2Cl)CCN1.Cl. The fourth-order valence-electron chi connectivity index (χ4n) is 1.96. The van der Waals surface area contributed by atoms with Gasteiger partial charge in [-0.3, -0.25) is 4.79 Å². The largest absolute Gasteiger partial charge is 0.336 e. The maximum Gasteiger partial charge on any atom is 0.255 e. The van der Waals surface area contributed by atoms with E-state index in [-0.39, 0.29) is 18.3 Å². The van der Waals surface area contributed by atoms with E-state index < -0.39 is 0 Å². The number of halogens is 3. The van der Waals surface area contributed by atoms with Gasteiger partial charge in [0.1, 0.15) is 0 Å². The molecule has 100 valence electrons. The molecule has 1 heterocycles. The number of hydrogen-bond acceptors (Lipinski definition) is 2. The van der Waals surface area contributed by atoms with Crippen LogP contribution in [-0.2, 0) is 0 Å². The first-order chi connectivity index (χ1) is 8.09. The lowest BCUT2D eigenvalue weighted by molar-refractivity contribution is 0.0709. The van der Waals surface area contributed by atoms with Crippen molar-refractivity contribution in [2.75, 3.05) is 19.6 Å². The van der Waals surface area contributed by atoms with Gasteiger partial charge in [-0.1, -0.05) is 17.7 Å². The van der Waals surface area contributed by atoms with Gasteiger partial charge >= 0.3 is 0 Å². The van der Waals surface area contributed by atoms with Gasteiger partial charge in [0.2, 0.25) is 0 Å². The van der Waals surface area contributed by atoms with E-state index in [0.29, 0.717) is 16.6 Å². The molecule has 0 aliphatic carbocycles. The second-order valence-corrected chi connectivity index (χ2v) is 5.44. The number of benzene rings is 1. The van der Waals surface area contributed by atoms with Crippen LogP contribution in [0, 0.1) is 0 Å². The topological polar surface area (TPSA) is 32.3 Å². The summed E-state index contributed by atoms with van der Waals surface area (Å²) < 4.78 is 0.758. The van der Waals surface area contributed by atoms with Crippen molar-refractivity contribution in [2.45, 2.75) is 13.0 Å². The summed E-state index contributed by atoms with van der Waals surface area (Å²) >= 11 is 9.47. The molecular formula is C12H15BrCl2N2O. The van der Waals surface area contributed by atoms with Crippen LogP contribution in [0.2, 0.25) is 5.02 Å². The highest BCUT2D eigenvalue weighted by atomic mass is 79.9. The minimum Gasteiger partial charge on any atom is -0.336 e. The number of nitrogens with zero attached hydrogens (tertiary/aromatic N) is 1. The predicted octanol–water partition coefficient (Wildman–Crippen LogP) is 2.96. The van der Waals surface area contributed by atoms with E-state index in [2.05, 4.69) is 28.2 Å². The zero-order valence-electron chi connectivity index (χ0n) is 9.95. The Morgan fingerprint density at radius 1 is 1.56 bits per heavy atom. The third-order valence-electron chi connectivity index (χ3n) is 2.84. The quantitative estimate of drug-likeness (QED) is 0.841. The van der Waals surface area contributed by atoms with Gasteiger partial charge < -0.3 is 10.2 Å². The van der Waals surface area contributed by atoms with E-state index in [1.54, 1.807) is 6.07 Å². The molecule has 1 aromatic rings. The first-order valence-corrected chi connectivity index (χ1v) is 6.73. The maximum absolute atomic E-state index is 12.3. The zero-order chi connectivity index (χ0) is 12.4. The molecule has 0 saturated carbocycles. The van der Waals surface area contributed by atoms with Crippen molar-refractivity contribution >= 4 is 45.8 Å². The van der Waals surface area contributed by atoms with Crippen molar-refractivity contribution < 1.29 is 4.79 Å². The van der Waals surface area contributed by atoms with E-state index in [0.717, 1.165) is 24.1 Å². The van der Waals surface area contributed by atoms with Crippen molar-refractivity contribution in [1.29, 1.82) is 0 Å². The van der Waals surface area contributed by atoms with Crippen LogP contribution in [-0.4, -0.2) is 36.5 Å². The Balaban J connectivity index is 0.00000162. The van der Waals surface area contributed by atoms with Gasteiger partial charge in [0, 0.05) is 30.1 Å². The van der Waals surface area contributed by atoms with Crippen LogP contribution in [0.3, 0.4) is 0 Å². The van der Waals surface area contributed by atoms with Crippen LogP contribution in [0.15, 0.2) is 22.7 Å². The average molecular weight is 354 g/mol. The number of piperazine rings is 1. The number of rotatable bonds is 1. The molecule has 2 rings (SSSR count). The maximum atomic E-state index is 12.3. The molecule has 1 aliphatic rings. The standard InChI is InChI=1S/C12H14BrClN2O.ClH/c1-8-7-16(6-5-15-8)12(17)9-3-2-4-10(13)11(9)14;/h2-4,8,15H,5-7H2,1H3;1H. The summed E-state index contributed by atoms with van der Waals surface area (Å²) in [5, 5.41) is 3.80. The van der Waals surface area contributed by atoms with E-state index in [1.165, 1.54) is 0 Å². The zero-order valence-corrected chi connectivity index (χ0v) is 13.1. The van der Waals surface area contributed by atoms with Crippen LogP contribution in [0.4, 0.5) is 0 Å². The molecule has 1 N–H and O–H groups in total. The number of amides is 1. The summed E-state index contributed by atoms with van der Waals surface area (Å²) in [7, 11) is 0. The van der Waals surface area contributed by atoms with Gasteiger partial charge in [0.15, 0.2) is 0 Å². The summed E-state index contributed by atoms with van der Waals surface area (Å²) in [6.45, 7) is 4.36. The monoisotopic (exact) mass is 352 g/mol. The lowest BCUT2D eigenvalue weighted by Gasteiger charge is -2.32. The van der Waals surface area contributed by atoms with E-state index in [9.17, 15) is 4.79 Å². The Morgan fingerprint density at radius 3 is 2.94 bits per heavy atom. The van der Waals surface area contributed by atoms with E-state index in [4.69, 9.17) is 11.6 Å².